The van der Waals surface area contributed by atoms with Gasteiger partial charge in [-0.2, -0.15) is 0 Å². The van der Waals surface area contributed by atoms with E-state index in [4.69, 9.17) is 16.7 Å². The van der Waals surface area contributed by atoms with Crippen molar-refractivity contribution in [2.24, 2.45) is 0 Å². The number of aliphatic hydroxyl groups excluding tert-OH is 1. The van der Waals surface area contributed by atoms with Crippen LogP contribution in [0.2, 0.25) is 5.02 Å². The standard InChI is InChI=1S/C25H18ClNO5/c26-19-9-5-4-8-18(19)22-21(23(30)16-6-2-1-3-7-16)24(31)25(32)27(22)17-12-10-15(11-13-17)14-20(28)29/h1-13,22,30H,14H2,(H,28,29)/b23-21+. The minimum Gasteiger partial charge on any atom is -0.507 e. The molecular formula is C25H18ClNO5. The zero-order valence-electron chi connectivity index (χ0n) is 16.7. The Labute approximate surface area is 189 Å². The van der Waals surface area contributed by atoms with Gasteiger partial charge in [0.2, 0.25) is 0 Å². The second kappa shape index (κ2) is 8.69. The molecule has 1 unspecified atom stereocenters. The monoisotopic (exact) mass is 447 g/mol. The third-order valence-corrected chi connectivity index (χ3v) is 5.61. The van der Waals surface area contributed by atoms with Crippen LogP contribution in [0.5, 0.6) is 0 Å². The number of aliphatic hydroxyl groups is 1. The number of amides is 1. The molecule has 2 N–H and O–H groups in total. The number of hydrogen-bond acceptors (Lipinski definition) is 4. The van der Waals surface area contributed by atoms with E-state index < -0.39 is 23.7 Å². The maximum Gasteiger partial charge on any atom is 0.307 e. The van der Waals surface area contributed by atoms with Crippen LogP contribution in [0.25, 0.3) is 5.76 Å². The summed E-state index contributed by atoms with van der Waals surface area (Å²) in [6, 6.07) is 20.7. The van der Waals surface area contributed by atoms with Crippen molar-refractivity contribution in [1.29, 1.82) is 0 Å². The van der Waals surface area contributed by atoms with Crippen molar-refractivity contribution in [3.05, 3.63) is 106 Å². The van der Waals surface area contributed by atoms with Gasteiger partial charge < -0.3 is 10.2 Å². The lowest BCUT2D eigenvalue weighted by atomic mass is 9.95. The largest absolute Gasteiger partial charge is 0.507 e. The van der Waals surface area contributed by atoms with Gasteiger partial charge in [0.15, 0.2) is 0 Å². The highest BCUT2D eigenvalue weighted by molar-refractivity contribution is 6.52. The lowest BCUT2D eigenvalue weighted by molar-refractivity contribution is -0.136. The first kappa shape index (κ1) is 21.3. The van der Waals surface area contributed by atoms with Crippen LogP contribution in [0, 0.1) is 0 Å². The third-order valence-electron chi connectivity index (χ3n) is 5.26. The van der Waals surface area contributed by atoms with Gasteiger partial charge in [-0.25, -0.2) is 0 Å². The molecule has 4 rings (SSSR count). The maximum absolute atomic E-state index is 13.1. The quantitative estimate of drug-likeness (QED) is 0.339. The summed E-state index contributed by atoms with van der Waals surface area (Å²) in [6.07, 6.45) is -0.166. The Morgan fingerprint density at radius 2 is 1.50 bits per heavy atom. The Morgan fingerprint density at radius 1 is 0.875 bits per heavy atom. The van der Waals surface area contributed by atoms with Crippen LogP contribution in [-0.4, -0.2) is 27.9 Å². The van der Waals surface area contributed by atoms with Crippen LogP contribution in [-0.2, 0) is 20.8 Å². The molecule has 0 bridgehead atoms. The molecule has 1 aliphatic rings. The average Bonchev–Trinajstić information content (AvgIpc) is 3.05. The molecule has 160 valence electrons. The molecule has 0 spiro atoms. The van der Waals surface area contributed by atoms with Crippen molar-refractivity contribution in [1.82, 2.24) is 0 Å². The molecular weight excluding hydrogens is 430 g/mol. The van der Waals surface area contributed by atoms with Gasteiger partial charge in [-0.3, -0.25) is 19.3 Å². The van der Waals surface area contributed by atoms with Crippen molar-refractivity contribution >= 4 is 40.7 Å². The van der Waals surface area contributed by atoms with Gasteiger partial charge in [0.1, 0.15) is 5.76 Å². The highest BCUT2D eigenvalue weighted by atomic mass is 35.5. The number of halogens is 1. The number of carbonyl (C=O) groups excluding carboxylic acids is 2. The predicted octanol–water partition coefficient (Wildman–Crippen LogP) is 4.59. The molecule has 1 atom stereocenters. The molecule has 32 heavy (non-hydrogen) atoms. The molecule has 0 aliphatic carbocycles. The Hall–Kier alpha value is -3.90. The Kier molecular flexibility index (Phi) is 5.79. The summed E-state index contributed by atoms with van der Waals surface area (Å²) in [5, 5.41) is 20.3. The van der Waals surface area contributed by atoms with E-state index >= 15 is 0 Å². The van der Waals surface area contributed by atoms with Crippen LogP contribution in [0.3, 0.4) is 0 Å². The van der Waals surface area contributed by atoms with Crippen molar-refractivity contribution in [3.8, 4) is 0 Å². The Morgan fingerprint density at radius 3 is 2.12 bits per heavy atom. The zero-order valence-corrected chi connectivity index (χ0v) is 17.5. The molecule has 7 heteroatoms. The second-order valence-electron chi connectivity index (χ2n) is 7.29. The van der Waals surface area contributed by atoms with Crippen LogP contribution >= 0.6 is 11.6 Å². The van der Waals surface area contributed by atoms with E-state index in [9.17, 15) is 19.5 Å². The van der Waals surface area contributed by atoms with Gasteiger partial charge >= 0.3 is 5.97 Å². The number of aliphatic carboxylic acids is 1. The van der Waals surface area contributed by atoms with Gasteiger partial charge in [0, 0.05) is 16.3 Å². The summed E-state index contributed by atoms with van der Waals surface area (Å²) in [5.41, 5.74) is 1.76. The number of rotatable bonds is 5. The smallest absolute Gasteiger partial charge is 0.307 e. The predicted molar refractivity (Wildman–Crippen MR) is 120 cm³/mol. The van der Waals surface area contributed by atoms with Crippen molar-refractivity contribution in [2.75, 3.05) is 4.90 Å². The first-order valence-corrected chi connectivity index (χ1v) is 10.2. The first-order valence-electron chi connectivity index (χ1n) is 9.80. The maximum atomic E-state index is 13.1. The summed E-state index contributed by atoms with van der Waals surface area (Å²) in [4.78, 5) is 38.4. The number of ketones is 1. The number of Topliss-reactive ketones (excluding diaryl/α,β-unsaturated/α-hetero) is 1. The van der Waals surface area contributed by atoms with Crippen molar-refractivity contribution < 1.29 is 24.6 Å². The van der Waals surface area contributed by atoms with E-state index in [1.807, 2.05) is 0 Å². The van der Waals surface area contributed by atoms with Gasteiger partial charge in [-0.1, -0.05) is 72.3 Å². The second-order valence-corrected chi connectivity index (χ2v) is 7.70. The van der Waals surface area contributed by atoms with E-state index in [1.54, 1.807) is 78.9 Å². The minimum absolute atomic E-state index is 0.0658. The van der Waals surface area contributed by atoms with E-state index in [-0.39, 0.29) is 17.8 Å². The zero-order chi connectivity index (χ0) is 22.8. The van der Waals surface area contributed by atoms with Crippen LogP contribution < -0.4 is 4.90 Å². The SMILES string of the molecule is O=C(O)Cc1ccc(N2C(=O)C(=O)/C(=C(/O)c3ccccc3)C2c2ccccc2Cl)cc1. The molecule has 6 nitrogen and oxygen atoms in total. The molecule has 1 heterocycles. The fraction of sp³-hybridized carbons (Fsp3) is 0.0800. The highest BCUT2D eigenvalue weighted by Crippen LogP contribution is 2.44. The average molecular weight is 448 g/mol. The molecule has 0 aromatic heterocycles. The number of carboxylic acid groups (broad SMARTS) is 1. The highest BCUT2D eigenvalue weighted by Gasteiger charge is 2.47. The van der Waals surface area contributed by atoms with Crippen LogP contribution in [0.15, 0.2) is 84.4 Å². The molecule has 1 fully saturated rings. The van der Waals surface area contributed by atoms with Gasteiger partial charge in [-0.15, -0.1) is 0 Å². The van der Waals surface area contributed by atoms with Gasteiger partial charge in [-0.05, 0) is 29.3 Å². The summed E-state index contributed by atoms with van der Waals surface area (Å²) in [7, 11) is 0. The Balaban J connectivity index is 1.89. The normalized spacial score (nSPS) is 17.5. The number of carboxylic acids is 1. The van der Waals surface area contributed by atoms with E-state index in [0.717, 1.165) is 0 Å². The summed E-state index contributed by atoms with van der Waals surface area (Å²) in [5.74, 6) is -2.90. The summed E-state index contributed by atoms with van der Waals surface area (Å²) >= 11 is 6.43. The van der Waals surface area contributed by atoms with E-state index in [2.05, 4.69) is 0 Å². The number of benzene rings is 3. The summed E-state index contributed by atoms with van der Waals surface area (Å²) < 4.78 is 0. The van der Waals surface area contributed by atoms with Gasteiger partial charge in [0.05, 0.1) is 18.0 Å². The molecule has 1 aliphatic heterocycles. The van der Waals surface area contributed by atoms with Crippen LogP contribution in [0.1, 0.15) is 22.7 Å². The number of nitrogens with zero attached hydrogens (tertiary/aromatic N) is 1. The number of hydrogen-bond donors (Lipinski definition) is 2. The lowest BCUT2D eigenvalue weighted by Gasteiger charge is -2.26. The third kappa shape index (κ3) is 3.88. The fourth-order valence-electron chi connectivity index (χ4n) is 3.79. The topological polar surface area (TPSA) is 94.9 Å². The van der Waals surface area contributed by atoms with Crippen molar-refractivity contribution in [3.63, 3.8) is 0 Å². The first-order chi connectivity index (χ1) is 15.4. The Bertz CT molecular complexity index is 1230. The molecule has 3 aromatic rings. The molecule has 1 saturated heterocycles. The number of carbonyl (C=O) groups is 3. The fourth-order valence-corrected chi connectivity index (χ4v) is 4.03. The molecule has 1 amide bonds. The molecule has 0 radical (unpaired) electrons. The van der Waals surface area contributed by atoms with E-state index in [1.165, 1.54) is 4.90 Å². The summed E-state index contributed by atoms with van der Waals surface area (Å²) in [6.45, 7) is 0. The number of anilines is 1. The van der Waals surface area contributed by atoms with Gasteiger partial charge in [0.25, 0.3) is 11.7 Å². The van der Waals surface area contributed by atoms with Crippen molar-refractivity contribution in [2.45, 2.75) is 12.5 Å². The van der Waals surface area contributed by atoms with Crippen LogP contribution in [0.4, 0.5) is 5.69 Å². The lowest BCUT2D eigenvalue weighted by Crippen LogP contribution is -2.29. The molecule has 3 aromatic carbocycles. The molecule has 0 saturated carbocycles. The van der Waals surface area contributed by atoms with E-state index in [0.29, 0.717) is 27.4 Å². The minimum atomic E-state index is -0.975.